The Morgan fingerprint density at radius 3 is 3.09 bits per heavy atom. The van der Waals surface area contributed by atoms with Gasteiger partial charge < -0.3 is 5.84 Å². The second-order valence-electron chi connectivity index (χ2n) is 2.17. The fraction of sp³-hybridized carbons (Fsp3) is 0. The molecule has 11 heavy (non-hydrogen) atoms. The summed E-state index contributed by atoms with van der Waals surface area (Å²) in [6, 6.07) is 4.13. The van der Waals surface area contributed by atoms with E-state index >= 15 is 0 Å². The molecule has 56 valence electrons. The number of nitrogens with two attached hydrogens (primary N) is 1. The minimum absolute atomic E-state index is 0.335. The number of nitrogens with zero attached hydrogens (tertiary/aromatic N) is 3. The van der Waals surface area contributed by atoms with Crippen molar-refractivity contribution in [2.24, 2.45) is 0 Å². The Morgan fingerprint density at radius 2 is 2.27 bits per heavy atom. The van der Waals surface area contributed by atoms with Gasteiger partial charge in [0.05, 0.1) is 0 Å². The number of aromatic nitrogens is 3. The zero-order valence-corrected chi connectivity index (χ0v) is 5.53. The van der Waals surface area contributed by atoms with Gasteiger partial charge in [0.1, 0.15) is 16.9 Å². The normalized spacial score (nSPS) is 10.6. The van der Waals surface area contributed by atoms with E-state index in [2.05, 4.69) is 10.3 Å². The van der Waals surface area contributed by atoms with E-state index < -0.39 is 0 Å². The lowest BCUT2D eigenvalue weighted by Gasteiger charge is -1.89. The maximum absolute atomic E-state index is 12.5. The Kier molecular flexibility index (Phi) is 1.06. The lowest BCUT2D eigenvalue weighted by Crippen LogP contribution is -2.09. The minimum atomic E-state index is -0.335. The first-order chi connectivity index (χ1) is 5.27. The average Bonchev–Trinajstić information content (AvgIpc) is 2.32. The zero-order chi connectivity index (χ0) is 7.84. The summed E-state index contributed by atoms with van der Waals surface area (Å²) in [5.74, 6) is 5.01. The van der Waals surface area contributed by atoms with Crippen LogP contribution >= 0.6 is 0 Å². The first kappa shape index (κ1) is 6.09. The van der Waals surface area contributed by atoms with Gasteiger partial charge in [-0.15, -0.1) is 5.10 Å². The van der Waals surface area contributed by atoms with Crippen LogP contribution in [0.15, 0.2) is 18.2 Å². The fourth-order valence-corrected chi connectivity index (χ4v) is 0.915. The van der Waals surface area contributed by atoms with Crippen molar-refractivity contribution in [3.63, 3.8) is 0 Å². The summed E-state index contributed by atoms with van der Waals surface area (Å²) in [6.45, 7) is 0. The second-order valence-corrected chi connectivity index (χ2v) is 2.17. The van der Waals surface area contributed by atoms with Crippen LogP contribution < -0.4 is 5.84 Å². The maximum Gasteiger partial charge on any atom is 0.125 e. The van der Waals surface area contributed by atoms with Crippen LogP contribution in [-0.4, -0.2) is 15.1 Å². The van der Waals surface area contributed by atoms with E-state index in [1.165, 1.54) is 18.2 Å². The molecule has 0 saturated heterocycles. The van der Waals surface area contributed by atoms with E-state index in [4.69, 9.17) is 5.84 Å². The highest BCUT2D eigenvalue weighted by Gasteiger charge is 2.01. The molecule has 0 amide bonds. The van der Waals surface area contributed by atoms with Crippen molar-refractivity contribution in [2.75, 3.05) is 5.84 Å². The molecule has 1 aromatic heterocycles. The smallest absolute Gasteiger partial charge is 0.125 e. The number of fused-ring (bicyclic) bond motifs is 1. The predicted molar refractivity (Wildman–Crippen MR) is 37.6 cm³/mol. The number of nitrogen functional groups attached to an aromatic ring is 1. The van der Waals surface area contributed by atoms with Crippen molar-refractivity contribution in [1.29, 1.82) is 0 Å². The van der Waals surface area contributed by atoms with Crippen molar-refractivity contribution >= 4 is 11.0 Å². The summed E-state index contributed by atoms with van der Waals surface area (Å²) in [4.78, 5) is 1.11. The van der Waals surface area contributed by atoms with Crippen LogP contribution in [0.25, 0.3) is 11.0 Å². The quantitative estimate of drug-likeness (QED) is 0.552. The van der Waals surface area contributed by atoms with Crippen LogP contribution in [0, 0.1) is 5.82 Å². The summed E-state index contributed by atoms with van der Waals surface area (Å²) in [5.41, 5.74) is 1.08. The molecule has 0 bridgehead atoms. The molecule has 1 heterocycles. The van der Waals surface area contributed by atoms with Gasteiger partial charge in [-0.1, -0.05) is 0 Å². The number of hydrogen-bond acceptors (Lipinski definition) is 3. The minimum Gasteiger partial charge on any atom is -0.321 e. The van der Waals surface area contributed by atoms with Gasteiger partial charge in [-0.05, 0) is 17.3 Å². The molecule has 0 atom stereocenters. The molecule has 1 aromatic carbocycles. The van der Waals surface area contributed by atoms with Crippen molar-refractivity contribution in [3.05, 3.63) is 24.0 Å². The SMILES string of the molecule is Nn1nnc2cc(F)ccc21. The molecule has 2 aromatic rings. The second kappa shape index (κ2) is 1.91. The maximum atomic E-state index is 12.5. The van der Waals surface area contributed by atoms with Gasteiger partial charge in [-0.25, -0.2) is 4.39 Å². The lowest BCUT2D eigenvalue weighted by molar-refractivity contribution is 0.629. The predicted octanol–water partition coefficient (Wildman–Crippen LogP) is 0.284. The summed E-state index contributed by atoms with van der Waals surface area (Å²) in [5, 5.41) is 7.14. The highest BCUT2D eigenvalue weighted by Crippen LogP contribution is 2.09. The number of hydrogen-bond donors (Lipinski definition) is 1. The highest BCUT2D eigenvalue weighted by molar-refractivity contribution is 5.73. The van der Waals surface area contributed by atoms with Crippen LogP contribution in [0.2, 0.25) is 0 Å². The molecule has 0 spiro atoms. The van der Waals surface area contributed by atoms with Crippen LogP contribution in [-0.2, 0) is 0 Å². The van der Waals surface area contributed by atoms with Crippen molar-refractivity contribution in [1.82, 2.24) is 15.1 Å². The number of halogens is 1. The molecule has 0 aliphatic carbocycles. The van der Waals surface area contributed by atoms with Crippen molar-refractivity contribution < 1.29 is 4.39 Å². The molecule has 5 heteroatoms. The highest BCUT2D eigenvalue weighted by atomic mass is 19.1. The Hall–Kier alpha value is -1.65. The van der Waals surface area contributed by atoms with Gasteiger partial charge in [-0.3, -0.25) is 0 Å². The topological polar surface area (TPSA) is 56.7 Å². The molecule has 4 nitrogen and oxygen atoms in total. The summed E-state index contributed by atoms with van der Waals surface area (Å²) in [7, 11) is 0. The molecule has 0 saturated carbocycles. The molecule has 2 N–H and O–H groups in total. The monoisotopic (exact) mass is 152 g/mol. The van der Waals surface area contributed by atoms with Gasteiger partial charge in [0.25, 0.3) is 0 Å². The van der Waals surface area contributed by atoms with E-state index in [1.54, 1.807) is 0 Å². The first-order valence-corrected chi connectivity index (χ1v) is 3.03. The standard InChI is InChI=1S/C6H5FN4/c7-4-1-2-6-5(3-4)9-10-11(6)8/h1-3H,8H2. The molecule has 2 rings (SSSR count). The molecule has 0 fully saturated rings. The largest absolute Gasteiger partial charge is 0.321 e. The van der Waals surface area contributed by atoms with E-state index in [1.807, 2.05) is 0 Å². The summed E-state index contributed by atoms with van der Waals surface area (Å²) in [6.07, 6.45) is 0. The lowest BCUT2D eigenvalue weighted by atomic mass is 10.3. The van der Waals surface area contributed by atoms with Crippen molar-refractivity contribution in [3.8, 4) is 0 Å². The molecule has 0 aliphatic rings. The average molecular weight is 152 g/mol. The van der Waals surface area contributed by atoms with Crippen LogP contribution in [0.3, 0.4) is 0 Å². The Morgan fingerprint density at radius 1 is 1.45 bits per heavy atom. The van der Waals surface area contributed by atoms with Gasteiger partial charge >= 0.3 is 0 Å². The Bertz CT molecular complexity index is 394. The van der Waals surface area contributed by atoms with Crippen molar-refractivity contribution in [2.45, 2.75) is 0 Å². The van der Waals surface area contributed by atoms with Gasteiger partial charge in [-0.2, -0.15) is 4.79 Å². The Labute approximate surface area is 61.4 Å². The van der Waals surface area contributed by atoms with E-state index in [0.717, 1.165) is 4.79 Å². The van der Waals surface area contributed by atoms with Crippen LogP contribution in [0.4, 0.5) is 4.39 Å². The third-order valence-electron chi connectivity index (χ3n) is 1.43. The van der Waals surface area contributed by atoms with E-state index in [9.17, 15) is 4.39 Å². The van der Waals surface area contributed by atoms with Crippen LogP contribution in [0.1, 0.15) is 0 Å². The Balaban J connectivity index is 2.86. The van der Waals surface area contributed by atoms with Gasteiger partial charge in [0.2, 0.25) is 0 Å². The van der Waals surface area contributed by atoms with Crippen LogP contribution in [0.5, 0.6) is 0 Å². The number of benzene rings is 1. The third kappa shape index (κ3) is 0.813. The summed E-state index contributed by atoms with van der Waals surface area (Å²) >= 11 is 0. The van der Waals surface area contributed by atoms with Gasteiger partial charge in [0, 0.05) is 6.07 Å². The van der Waals surface area contributed by atoms with Gasteiger partial charge in [0.15, 0.2) is 0 Å². The zero-order valence-electron chi connectivity index (χ0n) is 5.53. The first-order valence-electron chi connectivity index (χ1n) is 3.03. The summed E-state index contributed by atoms with van der Waals surface area (Å²) < 4.78 is 12.5. The van der Waals surface area contributed by atoms with E-state index in [0.29, 0.717) is 11.0 Å². The number of rotatable bonds is 0. The third-order valence-corrected chi connectivity index (χ3v) is 1.43. The van der Waals surface area contributed by atoms with E-state index in [-0.39, 0.29) is 5.82 Å². The molecule has 0 radical (unpaired) electrons. The fourth-order valence-electron chi connectivity index (χ4n) is 0.915. The molecule has 0 unspecified atom stereocenters. The molecule has 0 aliphatic heterocycles. The molecular weight excluding hydrogens is 147 g/mol. The molecular formula is C6H5FN4.